The van der Waals surface area contributed by atoms with Crippen molar-refractivity contribution in [2.45, 2.75) is 25.2 Å². The van der Waals surface area contributed by atoms with Gasteiger partial charge in [-0.05, 0) is 31.5 Å². The van der Waals surface area contributed by atoms with E-state index >= 15 is 0 Å². The van der Waals surface area contributed by atoms with E-state index in [0.717, 1.165) is 26.9 Å². The van der Waals surface area contributed by atoms with Gasteiger partial charge in [-0.1, -0.05) is 6.07 Å². The Kier molecular flexibility index (Phi) is 5.78. The molecule has 0 unspecified atom stereocenters. The number of rotatable bonds is 3. The fraction of sp³-hybridized carbons (Fsp3) is 0.308. The van der Waals surface area contributed by atoms with E-state index in [1.807, 2.05) is 32.0 Å². The molecule has 0 radical (unpaired) electrons. The van der Waals surface area contributed by atoms with E-state index in [4.69, 9.17) is 0 Å². The number of hydrogen-bond acceptors (Lipinski definition) is 4. The molecule has 4 nitrogen and oxygen atoms in total. The second-order valence-corrected chi connectivity index (χ2v) is 5.73. The summed E-state index contributed by atoms with van der Waals surface area (Å²) in [6, 6.07) is 5.95. The molecule has 1 aromatic rings. The van der Waals surface area contributed by atoms with Crippen LogP contribution >= 0.6 is 24.4 Å². The Morgan fingerprint density at radius 2 is 2.26 bits per heavy atom. The Hall–Kier alpha value is -1.11. The monoisotopic (exact) mass is 296 g/mol. The summed E-state index contributed by atoms with van der Waals surface area (Å²) in [7, 11) is 0. The lowest BCUT2D eigenvalue weighted by Gasteiger charge is -2.03. The summed E-state index contributed by atoms with van der Waals surface area (Å²) in [4.78, 5) is 20.4. The third kappa shape index (κ3) is 4.49. The van der Waals surface area contributed by atoms with Gasteiger partial charge >= 0.3 is 0 Å². The lowest BCUT2D eigenvalue weighted by molar-refractivity contribution is -0.115. The molecule has 1 aromatic carbocycles. The standard InChI is InChI=1S/C13H14N2OS2.H2O/c1-8-3-4-10(11(17)5-8)14-9(2)6-13-15-12(16)7-18-13;/h3-5,17H,6-7H2,1-2H3;1H2. The Balaban J connectivity index is 0.00000180. The molecule has 1 amide bonds. The predicted molar refractivity (Wildman–Crippen MR) is 84.3 cm³/mol. The smallest absolute Gasteiger partial charge is 0.256 e. The van der Waals surface area contributed by atoms with Crippen molar-refractivity contribution in [1.29, 1.82) is 0 Å². The maximum absolute atomic E-state index is 11.0. The molecule has 102 valence electrons. The van der Waals surface area contributed by atoms with E-state index in [1.165, 1.54) is 11.8 Å². The summed E-state index contributed by atoms with van der Waals surface area (Å²) in [6.45, 7) is 3.97. The number of benzene rings is 1. The third-order valence-electron chi connectivity index (χ3n) is 2.46. The fourth-order valence-electron chi connectivity index (χ4n) is 1.63. The van der Waals surface area contributed by atoms with Gasteiger partial charge in [0.15, 0.2) is 0 Å². The molecular weight excluding hydrogens is 280 g/mol. The molecule has 0 spiro atoms. The molecule has 0 fully saturated rings. The van der Waals surface area contributed by atoms with Gasteiger partial charge in [-0.15, -0.1) is 24.4 Å². The van der Waals surface area contributed by atoms with E-state index in [-0.39, 0.29) is 11.4 Å². The molecule has 6 heteroatoms. The van der Waals surface area contributed by atoms with Crippen LogP contribution in [0.1, 0.15) is 18.9 Å². The summed E-state index contributed by atoms with van der Waals surface area (Å²) >= 11 is 5.91. The van der Waals surface area contributed by atoms with Crippen LogP contribution in [-0.4, -0.2) is 27.9 Å². The lowest BCUT2D eigenvalue weighted by atomic mass is 10.2. The molecule has 0 atom stereocenters. The highest BCUT2D eigenvalue weighted by Crippen LogP contribution is 2.25. The van der Waals surface area contributed by atoms with Crippen LogP contribution in [-0.2, 0) is 4.79 Å². The molecule has 1 heterocycles. The molecule has 0 saturated heterocycles. The Labute approximate surface area is 122 Å². The van der Waals surface area contributed by atoms with Gasteiger partial charge in [0, 0.05) is 17.0 Å². The van der Waals surface area contributed by atoms with Crippen LogP contribution in [0.3, 0.4) is 0 Å². The molecular formula is C13H16N2O2S2. The number of amides is 1. The van der Waals surface area contributed by atoms with Gasteiger partial charge in [0.2, 0.25) is 0 Å². The molecule has 2 rings (SSSR count). The number of carbonyl (C=O) groups excluding carboxylic acids is 1. The topological polar surface area (TPSA) is 73.3 Å². The Bertz CT molecular complexity index is 554. The zero-order valence-corrected chi connectivity index (χ0v) is 12.5. The van der Waals surface area contributed by atoms with Crippen molar-refractivity contribution >= 4 is 46.7 Å². The SMILES string of the molecule is CC(CC1=NC(=O)CS1)=Nc1ccc(C)cc1S.O. The molecule has 1 aliphatic heterocycles. The van der Waals surface area contributed by atoms with E-state index in [2.05, 4.69) is 22.6 Å². The zero-order valence-electron chi connectivity index (χ0n) is 10.8. The predicted octanol–water partition coefficient (Wildman–Crippen LogP) is 2.61. The van der Waals surface area contributed by atoms with Crippen LogP contribution < -0.4 is 0 Å². The number of carbonyl (C=O) groups is 1. The minimum absolute atomic E-state index is 0. The minimum Gasteiger partial charge on any atom is -0.412 e. The molecule has 2 N–H and O–H groups in total. The average Bonchev–Trinajstić information content (AvgIpc) is 2.68. The van der Waals surface area contributed by atoms with Gasteiger partial charge < -0.3 is 5.48 Å². The number of thiol groups is 1. The molecule has 0 saturated carbocycles. The third-order valence-corrected chi connectivity index (χ3v) is 3.78. The summed E-state index contributed by atoms with van der Waals surface area (Å²) in [5.41, 5.74) is 2.96. The molecule has 1 aliphatic rings. The van der Waals surface area contributed by atoms with Crippen LogP contribution in [0.2, 0.25) is 0 Å². The van der Waals surface area contributed by atoms with Crippen LogP contribution in [0.15, 0.2) is 33.1 Å². The van der Waals surface area contributed by atoms with Crippen LogP contribution in [0.5, 0.6) is 0 Å². The fourth-order valence-corrected chi connectivity index (χ4v) is 2.79. The van der Waals surface area contributed by atoms with Crippen molar-refractivity contribution in [3.8, 4) is 0 Å². The Morgan fingerprint density at radius 3 is 2.84 bits per heavy atom. The number of nitrogens with zero attached hydrogens (tertiary/aromatic N) is 2. The molecule has 19 heavy (non-hydrogen) atoms. The van der Waals surface area contributed by atoms with Gasteiger partial charge in [0.1, 0.15) is 0 Å². The van der Waals surface area contributed by atoms with E-state index in [1.54, 1.807) is 0 Å². The highest BCUT2D eigenvalue weighted by molar-refractivity contribution is 8.15. The van der Waals surface area contributed by atoms with Gasteiger partial charge in [-0.25, -0.2) is 4.99 Å². The van der Waals surface area contributed by atoms with E-state index in [0.29, 0.717) is 12.2 Å². The van der Waals surface area contributed by atoms with E-state index in [9.17, 15) is 4.79 Å². The second kappa shape index (κ2) is 6.88. The van der Waals surface area contributed by atoms with Crippen molar-refractivity contribution < 1.29 is 10.3 Å². The number of thioether (sulfide) groups is 1. The highest BCUT2D eigenvalue weighted by Gasteiger charge is 2.15. The number of aryl methyl sites for hydroxylation is 1. The average molecular weight is 296 g/mol. The summed E-state index contributed by atoms with van der Waals surface area (Å²) in [5, 5.41) is 0.856. The first-order chi connectivity index (χ1) is 8.54. The van der Waals surface area contributed by atoms with Crippen LogP contribution in [0.4, 0.5) is 5.69 Å². The lowest BCUT2D eigenvalue weighted by Crippen LogP contribution is -1.98. The van der Waals surface area contributed by atoms with Gasteiger partial charge in [-0.3, -0.25) is 9.79 Å². The molecule has 0 aromatic heterocycles. The summed E-state index contributed by atoms with van der Waals surface area (Å²) < 4.78 is 0. The normalized spacial score (nSPS) is 15.2. The van der Waals surface area contributed by atoms with Gasteiger partial charge in [0.25, 0.3) is 5.91 Å². The van der Waals surface area contributed by atoms with Crippen LogP contribution in [0.25, 0.3) is 0 Å². The Morgan fingerprint density at radius 1 is 1.53 bits per heavy atom. The first-order valence-corrected chi connectivity index (χ1v) is 7.05. The maximum Gasteiger partial charge on any atom is 0.256 e. The largest absolute Gasteiger partial charge is 0.412 e. The van der Waals surface area contributed by atoms with Gasteiger partial charge in [-0.2, -0.15) is 0 Å². The second-order valence-electron chi connectivity index (χ2n) is 4.20. The van der Waals surface area contributed by atoms with Crippen molar-refractivity contribution in [3.63, 3.8) is 0 Å². The molecule has 0 aliphatic carbocycles. The van der Waals surface area contributed by atoms with Crippen molar-refractivity contribution in [1.82, 2.24) is 0 Å². The van der Waals surface area contributed by atoms with Crippen LogP contribution in [0, 0.1) is 6.92 Å². The van der Waals surface area contributed by atoms with Crippen molar-refractivity contribution in [2.24, 2.45) is 9.98 Å². The quantitative estimate of drug-likeness (QED) is 0.688. The van der Waals surface area contributed by atoms with Crippen molar-refractivity contribution in [2.75, 3.05) is 5.75 Å². The first kappa shape index (κ1) is 15.9. The number of aliphatic imine (C=N–C) groups is 2. The van der Waals surface area contributed by atoms with Gasteiger partial charge in [0.05, 0.1) is 16.5 Å². The summed E-state index contributed by atoms with van der Waals surface area (Å²) in [5.74, 6) is 0.415. The maximum atomic E-state index is 11.0. The summed E-state index contributed by atoms with van der Waals surface area (Å²) in [6.07, 6.45) is 0.636. The first-order valence-electron chi connectivity index (χ1n) is 5.61. The van der Waals surface area contributed by atoms with E-state index < -0.39 is 0 Å². The zero-order chi connectivity index (χ0) is 13.1. The van der Waals surface area contributed by atoms with Crippen molar-refractivity contribution in [3.05, 3.63) is 23.8 Å². The molecule has 0 bridgehead atoms. The highest BCUT2D eigenvalue weighted by atomic mass is 32.2. The number of hydrogen-bond donors (Lipinski definition) is 1. The minimum atomic E-state index is -0.0481.